The largest absolute Gasteiger partial charge is 0.478 e. The van der Waals surface area contributed by atoms with Crippen LogP contribution in [0.2, 0.25) is 0 Å². The van der Waals surface area contributed by atoms with E-state index < -0.39 is 5.97 Å². The van der Waals surface area contributed by atoms with Crippen LogP contribution in [0.25, 0.3) is 0 Å². The molecule has 0 saturated heterocycles. The van der Waals surface area contributed by atoms with Crippen molar-refractivity contribution in [2.45, 2.75) is 71.1 Å². The van der Waals surface area contributed by atoms with Gasteiger partial charge in [0.15, 0.2) is 0 Å². The molecule has 2 nitrogen and oxygen atoms in total. The van der Waals surface area contributed by atoms with E-state index in [4.69, 9.17) is 0 Å². The molecule has 0 heterocycles. The molecule has 0 aliphatic heterocycles. The molecular weight excluding hydrogens is 339 g/mol. The first-order valence-corrected chi connectivity index (χ1v) is 10.7. The molecule has 0 radical (unpaired) electrons. The second kappa shape index (κ2) is 9.52. The Morgan fingerprint density at radius 1 is 1.00 bits per heavy atom. The lowest BCUT2D eigenvalue weighted by Crippen LogP contribution is -2.27. The normalized spacial score (nSPS) is 29.5. The summed E-state index contributed by atoms with van der Waals surface area (Å²) in [6.07, 6.45) is 13.8. The first-order chi connectivity index (χ1) is 13.1. The Kier molecular flexibility index (Phi) is 7.09. The number of carbonyl (C=O) groups is 1. The van der Waals surface area contributed by atoms with E-state index in [1.807, 2.05) is 19.1 Å². The first kappa shape index (κ1) is 20.1. The summed E-state index contributed by atoms with van der Waals surface area (Å²) < 4.78 is 13.0. The lowest BCUT2D eigenvalue weighted by molar-refractivity contribution is -0.133. The van der Waals surface area contributed by atoms with Crippen LogP contribution in [0.15, 0.2) is 35.9 Å². The lowest BCUT2D eigenvalue weighted by Gasteiger charge is -2.38. The zero-order chi connectivity index (χ0) is 19.2. The van der Waals surface area contributed by atoms with Crippen molar-refractivity contribution < 1.29 is 14.3 Å². The molecule has 1 aromatic rings. The van der Waals surface area contributed by atoms with Crippen LogP contribution in [0.3, 0.4) is 0 Å². The Balaban J connectivity index is 1.39. The van der Waals surface area contributed by atoms with Gasteiger partial charge in [0.05, 0.1) is 0 Å². The van der Waals surface area contributed by atoms with E-state index in [9.17, 15) is 14.3 Å². The average Bonchev–Trinajstić information content (AvgIpc) is 2.69. The molecule has 0 bridgehead atoms. The molecule has 0 aromatic heterocycles. The number of carboxylic acids is 1. The van der Waals surface area contributed by atoms with Crippen molar-refractivity contribution in [3.8, 4) is 0 Å². The summed E-state index contributed by atoms with van der Waals surface area (Å²) in [5, 5.41) is 9.33. The van der Waals surface area contributed by atoms with Crippen LogP contribution >= 0.6 is 0 Å². The van der Waals surface area contributed by atoms with Crippen molar-refractivity contribution in [2.75, 3.05) is 0 Å². The lowest BCUT2D eigenvalue weighted by atomic mass is 9.67. The molecule has 3 heteroatoms. The molecule has 0 unspecified atom stereocenters. The summed E-state index contributed by atoms with van der Waals surface area (Å²) >= 11 is 0. The number of halogens is 1. The zero-order valence-electron chi connectivity index (χ0n) is 16.5. The van der Waals surface area contributed by atoms with Crippen molar-refractivity contribution in [1.29, 1.82) is 0 Å². The number of aliphatic carboxylic acids is 1. The number of benzene rings is 1. The minimum absolute atomic E-state index is 0.154. The third-order valence-electron chi connectivity index (χ3n) is 7.08. The Morgan fingerprint density at radius 2 is 1.56 bits per heavy atom. The van der Waals surface area contributed by atoms with Crippen molar-refractivity contribution in [2.24, 2.45) is 23.7 Å². The Hall–Kier alpha value is -1.64. The average molecular weight is 373 g/mol. The number of allylic oxidation sites excluding steroid dienone is 1. The second-order valence-electron chi connectivity index (χ2n) is 8.61. The van der Waals surface area contributed by atoms with Gasteiger partial charge in [-0.15, -0.1) is 0 Å². The fourth-order valence-electron chi connectivity index (χ4n) is 5.41. The SMILES string of the molecule is CC=C(C(=O)O)C1CCC(C2CCC(CCc3ccc(F)cc3)CC2)CC1. The summed E-state index contributed by atoms with van der Waals surface area (Å²) in [7, 11) is 0. The predicted molar refractivity (Wildman–Crippen MR) is 107 cm³/mol. The second-order valence-corrected chi connectivity index (χ2v) is 8.61. The summed E-state index contributed by atoms with van der Waals surface area (Å²) in [5.41, 5.74) is 1.87. The van der Waals surface area contributed by atoms with Gasteiger partial charge in [0.2, 0.25) is 0 Å². The summed E-state index contributed by atoms with van der Waals surface area (Å²) in [4.78, 5) is 11.3. The fraction of sp³-hybridized carbons (Fsp3) is 0.625. The van der Waals surface area contributed by atoms with Gasteiger partial charge in [0.1, 0.15) is 5.82 Å². The van der Waals surface area contributed by atoms with Crippen LogP contribution in [-0.2, 0) is 11.2 Å². The van der Waals surface area contributed by atoms with Crippen LogP contribution in [-0.4, -0.2) is 11.1 Å². The standard InChI is InChI=1S/C24H33FO2/c1-2-23(24(26)27)21-13-11-20(12-14-21)19-9-5-17(6-10-19)3-4-18-7-15-22(25)16-8-18/h2,7-8,15-17,19-21H,3-6,9-14H2,1H3,(H,26,27). The molecule has 2 aliphatic carbocycles. The molecule has 0 spiro atoms. The minimum Gasteiger partial charge on any atom is -0.478 e. The van der Waals surface area contributed by atoms with E-state index >= 15 is 0 Å². The molecule has 0 amide bonds. The monoisotopic (exact) mass is 372 g/mol. The smallest absolute Gasteiger partial charge is 0.331 e. The van der Waals surface area contributed by atoms with Crippen molar-refractivity contribution in [1.82, 2.24) is 0 Å². The first-order valence-electron chi connectivity index (χ1n) is 10.7. The van der Waals surface area contributed by atoms with Gasteiger partial charge in [-0.2, -0.15) is 0 Å². The Morgan fingerprint density at radius 3 is 2.07 bits per heavy atom. The van der Waals surface area contributed by atoms with Gasteiger partial charge in [0, 0.05) is 5.57 Å². The van der Waals surface area contributed by atoms with Gasteiger partial charge in [-0.3, -0.25) is 0 Å². The fourth-order valence-corrected chi connectivity index (χ4v) is 5.41. The van der Waals surface area contributed by atoms with E-state index in [0.29, 0.717) is 5.57 Å². The Bertz CT molecular complexity index is 633. The van der Waals surface area contributed by atoms with E-state index in [0.717, 1.165) is 37.0 Å². The highest BCUT2D eigenvalue weighted by atomic mass is 19.1. The predicted octanol–water partition coefficient (Wildman–Crippen LogP) is 6.40. The Labute approximate surface area is 162 Å². The van der Waals surface area contributed by atoms with Crippen LogP contribution in [0.1, 0.15) is 70.3 Å². The third-order valence-corrected chi connectivity index (χ3v) is 7.08. The van der Waals surface area contributed by atoms with Crippen molar-refractivity contribution in [3.63, 3.8) is 0 Å². The van der Waals surface area contributed by atoms with Gasteiger partial charge in [0.25, 0.3) is 0 Å². The number of rotatable bonds is 6. The van der Waals surface area contributed by atoms with Gasteiger partial charge >= 0.3 is 5.97 Å². The quantitative estimate of drug-likeness (QED) is 0.586. The highest BCUT2D eigenvalue weighted by molar-refractivity contribution is 5.87. The van der Waals surface area contributed by atoms with Crippen LogP contribution < -0.4 is 0 Å². The van der Waals surface area contributed by atoms with E-state index in [1.54, 1.807) is 18.2 Å². The summed E-state index contributed by atoms with van der Waals surface area (Å²) in [6.45, 7) is 1.85. The van der Waals surface area contributed by atoms with Gasteiger partial charge in [-0.25, -0.2) is 9.18 Å². The maximum absolute atomic E-state index is 13.0. The zero-order valence-corrected chi connectivity index (χ0v) is 16.5. The molecular formula is C24H33FO2. The molecule has 1 N–H and O–H groups in total. The number of hydrogen-bond acceptors (Lipinski definition) is 1. The van der Waals surface area contributed by atoms with E-state index in [1.165, 1.54) is 50.5 Å². The minimum atomic E-state index is -0.734. The number of aryl methyl sites for hydroxylation is 1. The van der Waals surface area contributed by atoms with Crippen LogP contribution in [0.4, 0.5) is 4.39 Å². The summed E-state index contributed by atoms with van der Waals surface area (Å²) in [5.74, 6) is 1.82. The number of carboxylic acid groups (broad SMARTS) is 1. The number of hydrogen-bond donors (Lipinski definition) is 1. The molecule has 3 rings (SSSR count). The highest BCUT2D eigenvalue weighted by Gasteiger charge is 2.32. The molecule has 1 aromatic carbocycles. The van der Waals surface area contributed by atoms with Crippen LogP contribution in [0.5, 0.6) is 0 Å². The molecule has 2 aliphatic rings. The van der Waals surface area contributed by atoms with Gasteiger partial charge in [-0.05, 0) is 99.7 Å². The molecule has 27 heavy (non-hydrogen) atoms. The topological polar surface area (TPSA) is 37.3 Å². The summed E-state index contributed by atoms with van der Waals surface area (Å²) in [6, 6.07) is 6.95. The third kappa shape index (κ3) is 5.43. The van der Waals surface area contributed by atoms with Gasteiger partial charge in [-0.1, -0.05) is 31.1 Å². The molecule has 2 saturated carbocycles. The van der Waals surface area contributed by atoms with Gasteiger partial charge < -0.3 is 5.11 Å². The maximum atomic E-state index is 13.0. The van der Waals surface area contributed by atoms with Crippen LogP contribution in [0, 0.1) is 29.5 Å². The maximum Gasteiger partial charge on any atom is 0.331 e. The van der Waals surface area contributed by atoms with Crippen molar-refractivity contribution >= 4 is 5.97 Å². The molecule has 0 atom stereocenters. The highest BCUT2D eigenvalue weighted by Crippen LogP contribution is 2.43. The van der Waals surface area contributed by atoms with E-state index in [-0.39, 0.29) is 11.7 Å². The van der Waals surface area contributed by atoms with E-state index in [2.05, 4.69) is 0 Å². The van der Waals surface area contributed by atoms with Crippen molar-refractivity contribution in [3.05, 3.63) is 47.3 Å². The molecule has 148 valence electrons. The molecule has 2 fully saturated rings.